The third-order valence-corrected chi connectivity index (χ3v) is 6.80. The lowest BCUT2D eigenvalue weighted by Gasteiger charge is -2.20. The van der Waals surface area contributed by atoms with Crippen molar-refractivity contribution in [1.29, 1.82) is 0 Å². The second-order valence-corrected chi connectivity index (χ2v) is 8.48. The highest BCUT2D eigenvalue weighted by molar-refractivity contribution is 7.89. The van der Waals surface area contributed by atoms with Crippen LogP contribution in [-0.4, -0.2) is 31.8 Å². The molecule has 5 nitrogen and oxygen atoms in total. The molecule has 0 heterocycles. The lowest BCUT2D eigenvalue weighted by atomic mass is 10.1. The van der Waals surface area contributed by atoms with Crippen LogP contribution in [-0.2, 0) is 21.4 Å². The fourth-order valence-corrected chi connectivity index (χ4v) is 4.60. The van der Waals surface area contributed by atoms with Gasteiger partial charge in [-0.25, -0.2) is 13.2 Å². The minimum atomic E-state index is -3.64. The average Bonchev–Trinajstić information content (AvgIpc) is 2.63. The van der Waals surface area contributed by atoms with Crippen molar-refractivity contribution < 1.29 is 17.9 Å². The van der Waals surface area contributed by atoms with E-state index in [9.17, 15) is 13.2 Å². The van der Waals surface area contributed by atoms with E-state index >= 15 is 0 Å². The molecular formula is C21H27NO4S. The number of hydrogen-bond acceptors (Lipinski definition) is 4. The zero-order valence-corrected chi connectivity index (χ0v) is 17.4. The third kappa shape index (κ3) is 4.76. The highest BCUT2D eigenvalue weighted by Crippen LogP contribution is 2.22. The SMILES string of the molecule is CCN(CC)S(=O)(=O)c1cc(C(=O)OCc2cc(C)ccc2C)ccc1C. The molecule has 0 fully saturated rings. The molecule has 6 heteroatoms. The summed E-state index contributed by atoms with van der Waals surface area (Å²) >= 11 is 0. The molecule has 0 spiro atoms. The maximum Gasteiger partial charge on any atom is 0.338 e. The van der Waals surface area contributed by atoms with Gasteiger partial charge >= 0.3 is 5.97 Å². The van der Waals surface area contributed by atoms with E-state index in [-0.39, 0.29) is 17.1 Å². The summed E-state index contributed by atoms with van der Waals surface area (Å²) < 4.78 is 32.4. The Balaban J connectivity index is 2.26. The van der Waals surface area contributed by atoms with Crippen molar-refractivity contribution in [1.82, 2.24) is 4.31 Å². The highest BCUT2D eigenvalue weighted by Gasteiger charge is 2.25. The quantitative estimate of drug-likeness (QED) is 0.672. The molecule has 0 aliphatic heterocycles. The van der Waals surface area contributed by atoms with Crippen molar-refractivity contribution in [3.63, 3.8) is 0 Å². The maximum atomic E-state index is 12.8. The summed E-state index contributed by atoms with van der Waals surface area (Å²) in [6.07, 6.45) is 0. The minimum Gasteiger partial charge on any atom is -0.457 e. The van der Waals surface area contributed by atoms with Crippen molar-refractivity contribution in [2.75, 3.05) is 13.1 Å². The molecule has 2 rings (SSSR count). The Morgan fingerprint density at radius 1 is 0.963 bits per heavy atom. The Labute approximate surface area is 162 Å². The van der Waals surface area contributed by atoms with Crippen LogP contribution >= 0.6 is 0 Å². The van der Waals surface area contributed by atoms with Crippen molar-refractivity contribution in [3.05, 3.63) is 64.2 Å². The van der Waals surface area contributed by atoms with Crippen LogP contribution in [0.15, 0.2) is 41.3 Å². The van der Waals surface area contributed by atoms with Crippen molar-refractivity contribution in [3.8, 4) is 0 Å². The van der Waals surface area contributed by atoms with Gasteiger partial charge in [0.1, 0.15) is 6.61 Å². The fourth-order valence-electron chi connectivity index (χ4n) is 2.89. The molecule has 0 atom stereocenters. The number of nitrogens with zero attached hydrogens (tertiary/aromatic N) is 1. The Morgan fingerprint density at radius 2 is 1.59 bits per heavy atom. The topological polar surface area (TPSA) is 63.7 Å². The van der Waals surface area contributed by atoms with E-state index in [0.29, 0.717) is 18.7 Å². The van der Waals surface area contributed by atoms with Gasteiger partial charge in [-0.15, -0.1) is 0 Å². The summed E-state index contributed by atoms with van der Waals surface area (Å²) in [7, 11) is -3.64. The van der Waals surface area contributed by atoms with Gasteiger partial charge < -0.3 is 4.74 Å². The fraction of sp³-hybridized carbons (Fsp3) is 0.381. The number of hydrogen-bond donors (Lipinski definition) is 0. The first kappa shape index (κ1) is 21.1. The molecule has 0 amide bonds. The van der Waals surface area contributed by atoms with Gasteiger partial charge in [0.2, 0.25) is 10.0 Å². The van der Waals surface area contributed by atoms with E-state index in [4.69, 9.17) is 4.74 Å². The van der Waals surface area contributed by atoms with Gasteiger partial charge in [0, 0.05) is 13.1 Å². The van der Waals surface area contributed by atoms with Crippen LogP contribution in [0, 0.1) is 20.8 Å². The number of ether oxygens (including phenoxy) is 1. The monoisotopic (exact) mass is 389 g/mol. The maximum absolute atomic E-state index is 12.8. The van der Waals surface area contributed by atoms with E-state index in [1.54, 1.807) is 32.9 Å². The number of esters is 1. The summed E-state index contributed by atoms with van der Waals surface area (Å²) in [5.74, 6) is -0.535. The molecule has 27 heavy (non-hydrogen) atoms. The molecule has 0 aromatic heterocycles. The highest BCUT2D eigenvalue weighted by atomic mass is 32.2. The van der Waals surface area contributed by atoms with Crippen molar-refractivity contribution >= 4 is 16.0 Å². The van der Waals surface area contributed by atoms with Crippen LogP contribution in [0.2, 0.25) is 0 Å². The summed E-state index contributed by atoms with van der Waals surface area (Å²) in [5.41, 5.74) is 3.91. The molecule has 0 radical (unpaired) electrons. The summed E-state index contributed by atoms with van der Waals surface area (Å²) in [6.45, 7) is 10.1. The molecule has 0 aliphatic rings. The normalized spacial score (nSPS) is 11.6. The number of carbonyl (C=O) groups excluding carboxylic acids is 1. The number of sulfonamides is 1. The van der Waals surface area contributed by atoms with Gasteiger partial charge in [-0.05, 0) is 49.6 Å². The van der Waals surface area contributed by atoms with Gasteiger partial charge in [0.05, 0.1) is 10.5 Å². The Hall–Kier alpha value is -2.18. The van der Waals surface area contributed by atoms with Crippen LogP contribution in [0.3, 0.4) is 0 Å². The van der Waals surface area contributed by atoms with E-state index in [2.05, 4.69) is 0 Å². The molecule has 0 unspecified atom stereocenters. The van der Waals surface area contributed by atoms with Gasteiger partial charge in [-0.1, -0.05) is 43.7 Å². The van der Waals surface area contributed by atoms with E-state index in [1.807, 2.05) is 32.0 Å². The molecule has 0 N–H and O–H groups in total. The molecule has 0 saturated carbocycles. The van der Waals surface area contributed by atoms with Crippen LogP contribution in [0.25, 0.3) is 0 Å². The summed E-state index contributed by atoms with van der Waals surface area (Å²) in [5, 5.41) is 0. The van der Waals surface area contributed by atoms with Crippen LogP contribution < -0.4 is 0 Å². The molecule has 0 bridgehead atoms. The Bertz CT molecular complexity index is 931. The van der Waals surface area contributed by atoms with E-state index in [1.165, 1.54) is 10.4 Å². The zero-order valence-electron chi connectivity index (χ0n) is 16.6. The first-order valence-corrected chi connectivity index (χ1v) is 10.5. The molecule has 146 valence electrons. The standard InChI is InChI=1S/C21H27NO4S/c1-6-22(7-2)27(24,25)20-13-18(11-10-17(20)5)21(23)26-14-19-12-15(3)8-9-16(19)4/h8-13H,6-7,14H2,1-5H3. The Kier molecular flexibility index (Phi) is 6.78. The largest absolute Gasteiger partial charge is 0.457 e. The van der Waals surface area contributed by atoms with Crippen LogP contribution in [0.1, 0.15) is 46.5 Å². The summed E-state index contributed by atoms with van der Waals surface area (Å²) in [6, 6.07) is 10.6. The van der Waals surface area contributed by atoms with E-state index in [0.717, 1.165) is 16.7 Å². The minimum absolute atomic E-state index is 0.146. The van der Waals surface area contributed by atoms with E-state index < -0.39 is 16.0 Å². The molecule has 2 aromatic carbocycles. The number of carbonyl (C=O) groups is 1. The van der Waals surface area contributed by atoms with Gasteiger partial charge in [0.25, 0.3) is 0 Å². The zero-order chi connectivity index (χ0) is 20.2. The third-order valence-electron chi connectivity index (χ3n) is 4.61. The molecule has 0 aliphatic carbocycles. The Morgan fingerprint density at radius 3 is 2.22 bits per heavy atom. The number of aryl methyl sites for hydroxylation is 3. The predicted molar refractivity (Wildman–Crippen MR) is 106 cm³/mol. The van der Waals surface area contributed by atoms with Gasteiger partial charge in [0.15, 0.2) is 0 Å². The van der Waals surface area contributed by atoms with Gasteiger partial charge in [-0.2, -0.15) is 4.31 Å². The number of benzene rings is 2. The second kappa shape index (κ2) is 8.67. The van der Waals surface area contributed by atoms with Crippen molar-refractivity contribution in [2.24, 2.45) is 0 Å². The van der Waals surface area contributed by atoms with Crippen LogP contribution in [0.4, 0.5) is 0 Å². The molecular weight excluding hydrogens is 362 g/mol. The number of rotatable bonds is 7. The van der Waals surface area contributed by atoms with Crippen LogP contribution in [0.5, 0.6) is 0 Å². The smallest absolute Gasteiger partial charge is 0.338 e. The average molecular weight is 390 g/mol. The second-order valence-electron chi connectivity index (χ2n) is 6.58. The lowest BCUT2D eigenvalue weighted by molar-refractivity contribution is 0.0471. The molecule has 2 aromatic rings. The van der Waals surface area contributed by atoms with Crippen molar-refractivity contribution in [2.45, 2.75) is 46.1 Å². The first-order chi connectivity index (χ1) is 12.7. The molecule has 0 saturated heterocycles. The lowest BCUT2D eigenvalue weighted by Crippen LogP contribution is -2.31. The predicted octanol–water partition coefficient (Wildman–Crippen LogP) is 4.00. The first-order valence-electron chi connectivity index (χ1n) is 9.04. The van der Waals surface area contributed by atoms with Gasteiger partial charge in [-0.3, -0.25) is 0 Å². The summed E-state index contributed by atoms with van der Waals surface area (Å²) in [4.78, 5) is 12.6.